The van der Waals surface area contributed by atoms with Gasteiger partial charge in [0.2, 0.25) is 15.9 Å². The largest absolute Gasteiger partial charge is 0.326 e. The molecule has 2 heterocycles. The zero-order valence-electron chi connectivity index (χ0n) is 16.4. The molecule has 10 heteroatoms. The first kappa shape index (κ1) is 21.8. The number of carbonyl (C=O) groups excluding carboxylic acids is 1. The van der Waals surface area contributed by atoms with Crippen LogP contribution >= 0.6 is 23.2 Å². The zero-order valence-corrected chi connectivity index (χ0v) is 18.7. The first-order valence-electron chi connectivity index (χ1n) is 9.71. The van der Waals surface area contributed by atoms with Crippen molar-refractivity contribution in [1.82, 2.24) is 14.1 Å². The van der Waals surface area contributed by atoms with E-state index in [1.807, 2.05) is 36.5 Å². The van der Waals surface area contributed by atoms with Gasteiger partial charge in [-0.05, 0) is 49.2 Å². The molecule has 2 aromatic carbocycles. The van der Waals surface area contributed by atoms with Crippen molar-refractivity contribution in [3.05, 3.63) is 71.0 Å². The number of nitrogens with one attached hydrogen (secondary N) is 1. The van der Waals surface area contributed by atoms with Crippen molar-refractivity contribution in [3.63, 3.8) is 0 Å². The highest BCUT2D eigenvalue weighted by molar-refractivity contribution is 7.89. The van der Waals surface area contributed by atoms with Crippen LogP contribution in [0.3, 0.4) is 0 Å². The number of anilines is 1. The predicted octanol–water partition coefficient (Wildman–Crippen LogP) is 4.22. The summed E-state index contributed by atoms with van der Waals surface area (Å²) in [5.41, 5.74) is 1.50. The Morgan fingerprint density at radius 1 is 1.03 bits per heavy atom. The molecule has 1 aliphatic rings. The lowest BCUT2D eigenvalue weighted by Gasteiger charge is -2.31. The van der Waals surface area contributed by atoms with Gasteiger partial charge in [-0.1, -0.05) is 35.3 Å². The number of carbonyl (C=O) groups is 1. The van der Waals surface area contributed by atoms with E-state index >= 15 is 0 Å². The lowest BCUT2D eigenvalue weighted by atomic mass is 9.97. The summed E-state index contributed by atoms with van der Waals surface area (Å²) in [5, 5.41) is 7.29. The van der Waals surface area contributed by atoms with Gasteiger partial charge >= 0.3 is 0 Å². The first-order valence-corrected chi connectivity index (χ1v) is 11.9. The standard InChI is InChI=1S/C21H20Cl2N4O3S/c22-18-6-2-7-19(23)20(18)31(29,30)26-12-8-15(9-13-26)21(28)25-16-4-1-5-17(14-16)27-11-3-10-24-27/h1-7,10-11,14-15H,8-9,12-13H2,(H,25,28). The highest BCUT2D eigenvalue weighted by atomic mass is 35.5. The monoisotopic (exact) mass is 478 g/mol. The molecule has 1 saturated heterocycles. The average molecular weight is 479 g/mol. The summed E-state index contributed by atoms with van der Waals surface area (Å²) < 4.78 is 29.0. The van der Waals surface area contributed by atoms with E-state index in [9.17, 15) is 13.2 Å². The third kappa shape index (κ3) is 4.62. The van der Waals surface area contributed by atoms with Crippen LogP contribution in [0.15, 0.2) is 65.8 Å². The lowest BCUT2D eigenvalue weighted by molar-refractivity contribution is -0.120. The second-order valence-electron chi connectivity index (χ2n) is 7.22. The molecule has 0 saturated carbocycles. The van der Waals surface area contributed by atoms with Crippen LogP contribution in [0.5, 0.6) is 0 Å². The van der Waals surface area contributed by atoms with Crippen molar-refractivity contribution in [1.29, 1.82) is 0 Å². The van der Waals surface area contributed by atoms with E-state index < -0.39 is 10.0 Å². The van der Waals surface area contributed by atoms with Gasteiger partial charge < -0.3 is 5.32 Å². The van der Waals surface area contributed by atoms with Gasteiger partial charge in [-0.25, -0.2) is 13.1 Å². The molecule has 1 aromatic heterocycles. The Bertz CT molecular complexity index is 1170. The van der Waals surface area contributed by atoms with E-state index in [1.165, 1.54) is 16.4 Å². The van der Waals surface area contributed by atoms with Crippen LogP contribution in [-0.2, 0) is 14.8 Å². The van der Waals surface area contributed by atoms with E-state index in [4.69, 9.17) is 23.2 Å². The molecule has 7 nitrogen and oxygen atoms in total. The summed E-state index contributed by atoms with van der Waals surface area (Å²) in [6.45, 7) is 0.435. The molecule has 3 aromatic rings. The number of amides is 1. The first-order chi connectivity index (χ1) is 14.9. The molecule has 31 heavy (non-hydrogen) atoms. The summed E-state index contributed by atoms with van der Waals surface area (Å²) in [5.74, 6) is -0.424. The molecular formula is C21H20Cl2N4O3S. The highest BCUT2D eigenvalue weighted by Crippen LogP contribution is 2.33. The Hall–Kier alpha value is -2.39. The number of rotatable bonds is 5. The average Bonchev–Trinajstić information content (AvgIpc) is 3.29. The number of halogens is 2. The van der Waals surface area contributed by atoms with E-state index in [1.54, 1.807) is 16.9 Å². The second-order valence-corrected chi connectivity index (χ2v) is 9.91. The Balaban J connectivity index is 1.41. The van der Waals surface area contributed by atoms with Crippen molar-refractivity contribution in [2.45, 2.75) is 17.7 Å². The fraction of sp³-hybridized carbons (Fsp3) is 0.238. The molecule has 0 bridgehead atoms. The van der Waals surface area contributed by atoms with E-state index in [2.05, 4.69) is 10.4 Å². The molecule has 1 N–H and O–H groups in total. The maximum Gasteiger partial charge on any atom is 0.246 e. The van der Waals surface area contributed by atoms with Crippen molar-refractivity contribution >= 4 is 44.8 Å². The zero-order chi connectivity index (χ0) is 22.0. The van der Waals surface area contributed by atoms with Crippen LogP contribution in [0.4, 0.5) is 5.69 Å². The topological polar surface area (TPSA) is 84.3 Å². The SMILES string of the molecule is O=C(Nc1cccc(-n2cccn2)c1)C1CCN(S(=O)(=O)c2c(Cl)cccc2Cl)CC1. The van der Waals surface area contributed by atoms with Crippen molar-refractivity contribution in [3.8, 4) is 5.69 Å². The highest BCUT2D eigenvalue weighted by Gasteiger charge is 2.34. The number of hydrogen-bond donors (Lipinski definition) is 1. The van der Waals surface area contributed by atoms with Gasteiger partial charge in [0.1, 0.15) is 4.90 Å². The van der Waals surface area contributed by atoms with E-state index in [-0.39, 0.29) is 39.9 Å². The normalized spacial score (nSPS) is 15.7. The summed E-state index contributed by atoms with van der Waals surface area (Å²) >= 11 is 12.2. The molecule has 0 atom stereocenters. The van der Waals surface area contributed by atoms with Gasteiger partial charge in [0.25, 0.3) is 0 Å². The summed E-state index contributed by atoms with van der Waals surface area (Å²) in [6.07, 6.45) is 4.32. The maximum atomic E-state index is 13.0. The maximum absolute atomic E-state index is 13.0. The summed E-state index contributed by atoms with van der Waals surface area (Å²) in [6, 6.07) is 13.8. The van der Waals surface area contributed by atoms with Gasteiger partial charge in [0, 0.05) is 37.1 Å². The van der Waals surface area contributed by atoms with Gasteiger partial charge in [0.15, 0.2) is 0 Å². The Kier molecular flexibility index (Phi) is 6.34. The van der Waals surface area contributed by atoms with Crippen LogP contribution in [0.1, 0.15) is 12.8 Å². The fourth-order valence-corrected chi connectivity index (χ4v) is 6.17. The van der Waals surface area contributed by atoms with Gasteiger partial charge in [-0.3, -0.25) is 4.79 Å². The quantitative estimate of drug-likeness (QED) is 0.594. The molecule has 1 amide bonds. The minimum atomic E-state index is -3.83. The summed E-state index contributed by atoms with van der Waals surface area (Å²) in [4.78, 5) is 12.7. The van der Waals surface area contributed by atoms with Gasteiger partial charge in [-0.15, -0.1) is 0 Å². The number of sulfonamides is 1. The Morgan fingerprint density at radius 2 is 1.71 bits per heavy atom. The minimum absolute atomic E-state index is 0.0864. The third-order valence-corrected chi connectivity index (χ3v) is 8.08. The van der Waals surface area contributed by atoms with Crippen LogP contribution in [0.25, 0.3) is 5.69 Å². The van der Waals surface area contributed by atoms with Crippen LogP contribution in [0.2, 0.25) is 10.0 Å². The predicted molar refractivity (Wildman–Crippen MR) is 120 cm³/mol. The number of benzene rings is 2. The molecule has 0 unspecified atom stereocenters. The number of piperidine rings is 1. The number of nitrogens with zero attached hydrogens (tertiary/aromatic N) is 3. The Morgan fingerprint density at radius 3 is 2.35 bits per heavy atom. The minimum Gasteiger partial charge on any atom is -0.326 e. The third-order valence-electron chi connectivity index (χ3n) is 5.22. The molecular weight excluding hydrogens is 459 g/mol. The van der Waals surface area contributed by atoms with Crippen LogP contribution in [0, 0.1) is 5.92 Å². The fourth-order valence-electron chi connectivity index (χ4n) is 3.61. The smallest absolute Gasteiger partial charge is 0.246 e. The van der Waals surface area contributed by atoms with E-state index in [0.717, 1.165) is 5.69 Å². The van der Waals surface area contributed by atoms with Crippen LogP contribution < -0.4 is 5.32 Å². The number of aromatic nitrogens is 2. The van der Waals surface area contributed by atoms with Gasteiger partial charge in [0.05, 0.1) is 15.7 Å². The molecule has 0 spiro atoms. The molecule has 4 rings (SSSR count). The van der Waals surface area contributed by atoms with Crippen LogP contribution in [-0.4, -0.2) is 41.5 Å². The van der Waals surface area contributed by atoms with Crippen molar-refractivity contribution in [2.75, 3.05) is 18.4 Å². The molecule has 162 valence electrons. The van der Waals surface area contributed by atoms with Crippen molar-refractivity contribution < 1.29 is 13.2 Å². The molecule has 0 radical (unpaired) electrons. The molecule has 1 fully saturated rings. The van der Waals surface area contributed by atoms with Gasteiger partial charge in [-0.2, -0.15) is 9.40 Å². The second kappa shape index (κ2) is 9.00. The summed E-state index contributed by atoms with van der Waals surface area (Å²) in [7, 11) is -3.83. The van der Waals surface area contributed by atoms with E-state index in [0.29, 0.717) is 18.5 Å². The molecule has 0 aliphatic carbocycles. The molecule has 1 aliphatic heterocycles. The van der Waals surface area contributed by atoms with Crippen molar-refractivity contribution in [2.24, 2.45) is 5.92 Å². The number of hydrogen-bond acceptors (Lipinski definition) is 4. The lowest BCUT2D eigenvalue weighted by Crippen LogP contribution is -2.41. The Labute approximate surface area is 190 Å².